The van der Waals surface area contributed by atoms with Crippen LogP contribution in [-0.4, -0.2) is 34.0 Å². The van der Waals surface area contributed by atoms with Crippen LogP contribution in [0.5, 0.6) is 0 Å². The number of nitrogens with zero attached hydrogens (tertiary/aromatic N) is 3. The molecule has 0 aliphatic heterocycles. The van der Waals surface area contributed by atoms with Crippen molar-refractivity contribution in [3.05, 3.63) is 70.6 Å². The number of pyridine rings is 1. The minimum Gasteiger partial charge on any atom is -0.328 e. The van der Waals surface area contributed by atoms with Crippen LogP contribution in [-0.2, 0) is 10.0 Å². The summed E-state index contributed by atoms with van der Waals surface area (Å²) in [6, 6.07) is 13.8. The van der Waals surface area contributed by atoms with Gasteiger partial charge in [0, 0.05) is 12.3 Å². The van der Waals surface area contributed by atoms with Gasteiger partial charge in [-0.25, -0.2) is 13.6 Å². The summed E-state index contributed by atoms with van der Waals surface area (Å²) in [6.07, 6.45) is 1.51. The lowest BCUT2D eigenvalue weighted by atomic mass is 9.94. The molecule has 4 N–H and O–H groups in total. The van der Waals surface area contributed by atoms with Gasteiger partial charge >= 0.3 is 0 Å². The van der Waals surface area contributed by atoms with Gasteiger partial charge in [0.05, 0.1) is 10.5 Å². The van der Waals surface area contributed by atoms with Gasteiger partial charge in [0.1, 0.15) is 0 Å². The Hall–Kier alpha value is -3.63. The molecule has 0 unspecified atom stereocenters. The molecule has 29 heavy (non-hydrogen) atoms. The van der Waals surface area contributed by atoms with Gasteiger partial charge in [-0.1, -0.05) is 29.8 Å². The Morgan fingerprint density at radius 2 is 1.69 bits per heavy atom. The molecule has 2 aromatic heterocycles. The number of nitrogens with one attached hydrogen (secondary N) is 2. The lowest BCUT2D eigenvalue weighted by Crippen LogP contribution is -2.14. The SMILES string of the molecule is Cc1ccc(-c2cc(-c3ccc(=O)[nH]c3)cc(S(N)(=O)=O)c2-c2nn[nH]n2)cc1. The molecule has 0 atom stereocenters. The molecule has 0 fully saturated rings. The number of rotatable bonds is 4. The third-order valence-electron chi connectivity index (χ3n) is 4.46. The van der Waals surface area contributed by atoms with Crippen molar-refractivity contribution in [1.82, 2.24) is 25.6 Å². The van der Waals surface area contributed by atoms with Gasteiger partial charge in [-0.2, -0.15) is 5.21 Å². The molecule has 0 saturated carbocycles. The Labute approximate surface area is 165 Å². The predicted molar refractivity (Wildman–Crippen MR) is 107 cm³/mol. The molecule has 2 aromatic carbocycles. The summed E-state index contributed by atoms with van der Waals surface area (Å²) >= 11 is 0. The fourth-order valence-electron chi connectivity index (χ4n) is 3.06. The first kappa shape index (κ1) is 18.7. The molecule has 0 aliphatic carbocycles. The van der Waals surface area contributed by atoms with Crippen LogP contribution in [0.15, 0.2) is 64.4 Å². The summed E-state index contributed by atoms with van der Waals surface area (Å²) in [7, 11) is -4.13. The third-order valence-corrected chi connectivity index (χ3v) is 5.39. The van der Waals surface area contributed by atoms with Crippen LogP contribution in [0.4, 0.5) is 0 Å². The van der Waals surface area contributed by atoms with E-state index in [9.17, 15) is 13.2 Å². The standard InChI is InChI=1S/C19H16N6O3S/c1-11-2-4-12(5-3-11)15-8-14(13-6-7-17(26)21-10-13)9-16(29(20,27)28)18(15)19-22-24-25-23-19/h2-10H,1H3,(H,21,26)(H2,20,27,28)(H,22,23,24,25). The molecular formula is C19H16N6O3S. The number of benzene rings is 2. The highest BCUT2D eigenvalue weighted by Gasteiger charge is 2.24. The van der Waals surface area contributed by atoms with E-state index in [1.165, 1.54) is 18.3 Å². The molecule has 0 radical (unpaired) electrons. The van der Waals surface area contributed by atoms with Crippen molar-refractivity contribution >= 4 is 10.0 Å². The zero-order chi connectivity index (χ0) is 20.6. The van der Waals surface area contributed by atoms with Gasteiger partial charge in [0.25, 0.3) is 0 Å². The molecule has 0 bridgehead atoms. The van der Waals surface area contributed by atoms with Crippen LogP contribution < -0.4 is 10.7 Å². The quantitative estimate of drug-likeness (QED) is 0.469. The van der Waals surface area contributed by atoms with E-state index in [1.54, 1.807) is 12.1 Å². The van der Waals surface area contributed by atoms with Crippen LogP contribution in [0.2, 0.25) is 0 Å². The molecular weight excluding hydrogens is 392 g/mol. The van der Waals surface area contributed by atoms with Gasteiger partial charge in [-0.15, -0.1) is 10.2 Å². The maximum absolute atomic E-state index is 12.5. The van der Waals surface area contributed by atoms with E-state index in [-0.39, 0.29) is 21.8 Å². The second-order valence-electron chi connectivity index (χ2n) is 6.48. The Kier molecular flexibility index (Phi) is 4.57. The Morgan fingerprint density at radius 1 is 0.966 bits per heavy atom. The average molecular weight is 408 g/mol. The zero-order valence-corrected chi connectivity index (χ0v) is 16.1. The van der Waals surface area contributed by atoms with Crippen LogP contribution >= 0.6 is 0 Å². The number of H-pyrrole nitrogens is 2. The lowest BCUT2D eigenvalue weighted by Gasteiger charge is -2.15. The Balaban J connectivity index is 2.09. The van der Waals surface area contributed by atoms with Gasteiger partial charge < -0.3 is 4.98 Å². The summed E-state index contributed by atoms with van der Waals surface area (Å²) in [4.78, 5) is 13.9. The average Bonchev–Trinajstić information content (AvgIpc) is 3.22. The van der Waals surface area contributed by atoms with E-state index in [0.29, 0.717) is 16.7 Å². The largest absolute Gasteiger partial charge is 0.328 e. The summed E-state index contributed by atoms with van der Waals surface area (Å²) in [5.74, 6) is 0.109. The molecule has 0 amide bonds. The van der Waals surface area contributed by atoms with E-state index < -0.39 is 10.0 Å². The first-order valence-electron chi connectivity index (χ1n) is 8.54. The maximum Gasteiger partial charge on any atom is 0.247 e. The molecule has 4 rings (SSSR count). The minimum atomic E-state index is -4.13. The van der Waals surface area contributed by atoms with Crippen molar-refractivity contribution in [2.24, 2.45) is 5.14 Å². The highest BCUT2D eigenvalue weighted by Crippen LogP contribution is 2.38. The van der Waals surface area contributed by atoms with Crippen molar-refractivity contribution in [2.45, 2.75) is 11.8 Å². The van der Waals surface area contributed by atoms with E-state index >= 15 is 0 Å². The van der Waals surface area contributed by atoms with Crippen LogP contribution in [0.25, 0.3) is 33.6 Å². The first-order valence-corrected chi connectivity index (χ1v) is 10.1. The monoisotopic (exact) mass is 408 g/mol. The second-order valence-corrected chi connectivity index (χ2v) is 8.01. The molecule has 146 valence electrons. The number of nitrogens with two attached hydrogens (primary N) is 1. The number of sulfonamides is 1. The molecule has 9 nitrogen and oxygen atoms in total. The van der Waals surface area contributed by atoms with Crippen molar-refractivity contribution in [1.29, 1.82) is 0 Å². The number of primary sulfonamides is 1. The fourth-order valence-corrected chi connectivity index (χ4v) is 3.83. The topological polar surface area (TPSA) is 147 Å². The fraction of sp³-hybridized carbons (Fsp3) is 0.0526. The Bertz CT molecular complexity index is 1320. The minimum absolute atomic E-state index is 0.109. The smallest absolute Gasteiger partial charge is 0.247 e. The van der Waals surface area contributed by atoms with Gasteiger partial charge in [-0.3, -0.25) is 4.79 Å². The number of aromatic amines is 2. The van der Waals surface area contributed by atoms with Crippen molar-refractivity contribution in [3.8, 4) is 33.6 Å². The number of aryl methyl sites for hydroxylation is 1. The van der Waals surface area contributed by atoms with Crippen molar-refractivity contribution in [2.75, 3.05) is 0 Å². The third kappa shape index (κ3) is 3.71. The maximum atomic E-state index is 12.5. The Morgan fingerprint density at radius 3 is 2.28 bits per heavy atom. The predicted octanol–water partition coefficient (Wildman–Crippen LogP) is 1.84. The van der Waals surface area contributed by atoms with E-state index in [0.717, 1.165) is 11.1 Å². The van der Waals surface area contributed by atoms with Gasteiger partial charge in [0.2, 0.25) is 21.4 Å². The van der Waals surface area contributed by atoms with Crippen LogP contribution in [0.1, 0.15) is 5.56 Å². The zero-order valence-electron chi connectivity index (χ0n) is 15.2. The van der Waals surface area contributed by atoms with Crippen molar-refractivity contribution < 1.29 is 8.42 Å². The normalized spacial score (nSPS) is 11.5. The number of hydrogen-bond donors (Lipinski definition) is 3. The van der Waals surface area contributed by atoms with E-state index in [4.69, 9.17) is 5.14 Å². The summed E-state index contributed by atoms with van der Waals surface area (Å²) in [5.41, 5.74) is 3.56. The molecule has 0 saturated heterocycles. The molecule has 10 heteroatoms. The molecule has 4 aromatic rings. The molecule has 0 spiro atoms. The summed E-state index contributed by atoms with van der Waals surface area (Å²) in [5, 5.41) is 19.4. The lowest BCUT2D eigenvalue weighted by molar-refractivity contribution is 0.598. The van der Waals surface area contributed by atoms with Crippen molar-refractivity contribution in [3.63, 3.8) is 0 Å². The number of tetrazole rings is 1. The van der Waals surface area contributed by atoms with Gasteiger partial charge in [-0.05, 0) is 52.6 Å². The molecule has 0 aliphatic rings. The highest BCUT2D eigenvalue weighted by molar-refractivity contribution is 7.89. The van der Waals surface area contributed by atoms with E-state index in [1.807, 2.05) is 31.2 Å². The first-order chi connectivity index (χ1) is 13.8. The van der Waals surface area contributed by atoms with Crippen LogP contribution in [0.3, 0.4) is 0 Å². The number of aromatic nitrogens is 5. The van der Waals surface area contributed by atoms with Gasteiger partial charge in [0.15, 0.2) is 0 Å². The summed E-state index contributed by atoms with van der Waals surface area (Å²) in [6.45, 7) is 1.95. The molecule has 2 heterocycles. The van der Waals surface area contributed by atoms with Crippen LogP contribution in [0, 0.1) is 6.92 Å². The number of hydrogen-bond acceptors (Lipinski definition) is 6. The second kappa shape index (κ2) is 7.08. The highest BCUT2D eigenvalue weighted by atomic mass is 32.2. The van der Waals surface area contributed by atoms with E-state index in [2.05, 4.69) is 25.6 Å². The summed E-state index contributed by atoms with van der Waals surface area (Å²) < 4.78 is 24.9.